The van der Waals surface area contributed by atoms with Crippen molar-refractivity contribution in [3.63, 3.8) is 0 Å². The van der Waals surface area contributed by atoms with Gasteiger partial charge in [0.2, 0.25) is 0 Å². The van der Waals surface area contributed by atoms with Crippen LogP contribution in [-0.2, 0) is 0 Å². The highest BCUT2D eigenvalue weighted by Gasteiger charge is 1.94. The average molecular weight is 207 g/mol. The van der Waals surface area contributed by atoms with Crippen LogP contribution in [-0.4, -0.2) is 0 Å². The van der Waals surface area contributed by atoms with E-state index in [1.807, 2.05) is 0 Å². The van der Waals surface area contributed by atoms with Crippen molar-refractivity contribution in [2.24, 2.45) is 0 Å². The lowest BCUT2D eigenvalue weighted by Crippen LogP contribution is -1.81. The summed E-state index contributed by atoms with van der Waals surface area (Å²) in [6, 6.07) is 0. The summed E-state index contributed by atoms with van der Waals surface area (Å²) in [5.74, 6) is 0. The second kappa shape index (κ2) is 10.3. The van der Waals surface area contributed by atoms with E-state index in [1.54, 1.807) is 0 Å². The Balaban J connectivity index is 2.08. The first-order chi connectivity index (χ1) is 7.50. The third-order valence-electron chi connectivity index (χ3n) is 3.26. The maximum Gasteiger partial charge on any atom is -0.0171 e. The molecule has 0 amide bonds. The molecule has 0 spiro atoms. The molecule has 0 aliphatic heterocycles. The summed E-state index contributed by atoms with van der Waals surface area (Å²) in [6.07, 6.45) is 24.0. The van der Waals surface area contributed by atoms with E-state index in [-0.39, 0.29) is 0 Å². The quantitative estimate of drug-likeness (QED) is 0.496. The van der Waals surface area contributed by atoms with Crippen LogP contribution in [0.5, 0.6) is 0 Å². The van der Waals surface area contributed by atoms with Gasteiger partial charge in [0.1, 0.15) is 0 Å². The summed E-state index contributed by atoms with van der Waals surface area (Å²) in [4.78, 5) is 0. The first-order valence-electron chi connectivity index (χ1n) is 6.98. The molecule has 0 fully saturated rings. The van der Waals surface area contributed by atoms with Crippen molar-refractivity contribution in [2.45, 2.75) is 77.0 Å². The third-order valence-corrected chi connectivity index (χ3v) is 3.26. The van der Waals surface area contributed by atoms with Crippen molar-refractivity contribution in [3.8, 4) is 0 Å². The van der Waals surface area contributed by atoms with Crippen LogP contribution in [0.1, 0.15) is 77.0 Å². The van der Waals surface area contributed by atoms with Crippen LogP contribution >= 0.6 is 0 Å². The fourth-order valence-electron chi connectivity index (χ4n) is 2.23. The van der Waals surface area contributed by atoms with Crippen LogP contribution in [0.4, 0.5) is 0 Å². The smallest absolute Gasteiger partial charge is 0.0171 e. The van der Waals surface area contributed by atoms with E-state index >= 15 is 0 Å². The van der Waals surface area contributed by atoms with Gasteiger partial charge in [-0.2, -0.15) is 0 Å². The molecular formula is C15H27. The molecule has 0 nitrogen and oxygen atoms in total. The lowest BCUT2D eigenvalue weighted by molar-refractivity contribution is 0.553. The zero-order valence-corrected chi connectivity index (χ0v) is 10.2. The van der Waals surface area contributed by atoms with Gasteiger partial charge in [0.25, 0.3) is 0 Å². The lowest BCUT2D eigenvalue weighted by Gasteiger charge is -2.01. The number of hydrogen-bond donors (Lipinski definition) is 0. The van der Waals surface area contributed by atoms with Crippen LogP contribution in [0, 0.1) is 6.42 Å². The van der Waals surface area contributed by atoms with E-state index < -0.39 is 0 Å². The molecule has 0 heteroatoms. The largest absolute Gasteiger partial charge is 0.0882 e. The first-order valence-corrected chi connectivity index (χ1v) is 6.98. The number of allylic oxidation sites excluding steroid dienone is 2. The van der Waals surface area contributed by atoms with E-state index in [0.29, 0.717) is 0 Å². The highest BCUT2D eigenvalue weighted by molar-refractivity contribution is 4.94. The predicted molar refractivity (Wildman–Crippen MR) is 68.8 cm³/mol. The molecule has 1 radical (unpaired) electrons. The van der Waals surface area contributed by atoms with E-state index in [0.717, 1.165) is 0 Å². The second-order valence-corrected chi connectivity index (χ2v) is 4.78. The molecule has 0 saturated carbocycles. The van der Waals surface area contributed by atoms with Crippen molar-refractivity contribution in [1.29, 1.82) is 0 Å². The minimum Gasteiger partial charge on any atom is -0.0882 e. The highest BCUT2D eigenvalue weighted by atomic mass is 14.0. The van der Waals surface area contributed by atoms with Gasteiger partial charge in [0.15, 0.2) is 0 Å². The topological polar surface area (TPSA) is 0 Å². The summed E-state index contributed by atoms with van der Waals surface area (Å²) in [6.45, 7) is 0. The average Bonchev–Trinajstić information content (AvgIpc) is 2.27. The minimum absolute atomic E-state index is 1.29. The van der Waals surface area contributed by atoms with Gasteiger partial charge in [-0.05, 0) is 25.7 Å². The molecule has 1 aliphatic rings. The Hall–Kier alpha value is -0.260. The van der Waals surface area contributed by atoms with Crippen molar-refractivity contribution in [1.82, 2.24) is 0 Å². The maximum absolute atomic E-state index is 2.35. The molecule has 0 atom stereocenters. The zero-order chi connectivity index (χ0) is 10.6. The Morgan fingerprint density at radius 3 is 1.53 bits per heavy atom. The van der Waals surface area contributed by atoms with Crippen molar-refractivity contribution < 1.29 is 0 Å². The summed E-state index contributed by atoms with van der Waals surface area (Å²) < 4.78 is 0. The number of rotatable bonds is 0. The van der Waals surface area contributed by atoms with Crippen molar-refractivity contribution >= 4 is 0 Å². The maximum atomic E-state index is 2.35. The van der Waals surface area contributed by atoms with Gasteiger partial charge in [-0.1, -0.05) is 69.9 Å². The first kappa shape index (κ1) is 12.8. The van der Waals surface area contributed by atoms with Gasteiger partial charge in [-0.25, -0.2) is 0 Å². The molecule has 0 aromatic heterocycles. The van der Waals surface area contributed by atoms with Gasteiger partial charge >= 0.3 is 0 Å². The number of hydrogen-bond acceptors (Lipinski definition) is 0. The summed E-state index contributed by atoms with van der Waals surface area (Å²) in [5.41, 5.74) is 0. The van der Waals surface area contributed by atoms with Crippen LogP contribution in [0.3, 0.4) is 0 Å². The molecule has 15 heavy (non-hydrogen) atoms. The summed E-state index contributed by atoms with van der Waals surface area (Å²) in [7, 11) is 0. The zero-order valence-electron chi connectivity index (χ0n) is 10.2. The van der Waals surface area contributed by atoms with Crippen LogP contribution in [0.2, 0.25) is 0 Å². The predicted octanol–water partition coefficient (Wildman–Crippen LogP) is 5.44. The molecule has 0 saturated heterocycles. The Kier molecular flexibility index (Phi) is 8.76. The van der Waals surface area contributed by atoms with Crippen LogP contribution < -0.4 is 0 Å². The second-order valence-electron chi connectivity index (χ2n) is 4.78. The fraction of sp³-hybridized carbons (Fsp3) is 0.800. The van der Waals surface area contributed by atoms with E-state index in [1.165, 1.54) is 77.0 Å². The Bertz CT molecular complexity index is 130. The molecule has 0 aromatic rings. The fourth-order valence-corrected chi connectivity index (χ4v) is 2.23. The molecule has 0 N–H and O–H groups in total. The lowest BCUT2D eigenvalue weighted by atomic mass is 10.1. The molecule has 1 aliphatic carbocycles. The van der Waals surface area contributed by atoms with Gasteiger partial charge in [-0.15, -0.1) is 0 Å². The summed E-state index contributed by atoms with van der Waals surface area (Å²) in [5, 5.41) is 0. The normalized spacial score (nSPS) is 22.9. The molecule has 1 rings (SSSR count). The Morgan fingerprint density at radius 1 is 0.467 bits per heavy atom. The van der Waals surface area contributed by atoms with Crippen LogP contribution in [0.25, 0.3) is 0 Å². The van der Waals surface area contributed by atoms with Gasteiger partial charge < -0.3 is 0 Å². The van der Waals surface area contributed by atoms with Gasteiger partial charge in [-0.3, -0.25) is 0 Å². The standard InChI is InChI=1S/C15H27/c1-2-4-6-8-10-12-14-15-13-11-9-7-5-3-1/h1-3H,4-15H2. The third kappa shape index (κ3) is 8.72. The SMILES string of the molecule is [CH]1C=CCCCCCCCCCCCC1. The van der Waals surface area contributed by atoms with Crippen molar-refractivity contribution in [2.75, 3.05) is 0 Å². The molecule has 0 unspecified atom stereocenters. The molecule has 0 aromatic carbocycles. The minimum atomic E-state index is 1.29. The molecule has 0 heterocycles. The van der Waals surface area contributed by atoms with E-state index in [9.17, 15) is 0 Å². The Labute approximate surface area is 96.2 Å². The molecular weight excluding hydrogens is 180 g/mol. The van der Waals surface area contributed by atoms with Gasteiger partial charge in [0.05, 0.1) is 0 Å². The molecule has 87 valence electrons. The van der Waals surface area contributed by atoms with E-state index in [4.69, 9.17) is 0 Å². The van der Waals surface area contributed by atoms with Crippen LogP contribution in [0.15, 0.2) is 12.2 Å². The van der Waals surface area contributed by atoms with Gasteiger partial charge in [0, 0.05) is 0 Å². The Morgan fingerprint density at radius 2 is 0.933 bits per heavy atom. The monoisotopic (exact) mass is 207 g/mol. The van der Waals surface area contributed by atoms with Crippen molar-refractivity contribution in [3.05, 3.63) is 18.6 Å². The highest BCUT2D eigenvalue weighted by Crippen LogP contribution is 2.13. The molecule has 0 bridgehead atoms. The summed E-state index contributed by atoms with van der Waals surface area (Å²) >= 11 is 0. The van der Waals surface area contributed by atoms with E-state index in [2.05, 4.69) is 18.6 Å².